The van der Waals surface area contributed by atoms with Crippen molar-refractivity contribution in [1.82, 2.24) is 15.6 Å². The Morgan fingerprint density at radius 3 is 2.35 bits per heavy atom. The predicted molar refractivity (Wildman–Crippen MR) is 171 cm³/mol. The van der Waals surface area contributed by atoms with Gasteiger partial charge in [-0.2, -0.15) is 0 Å². The normalized spacial score (nSPS) is 11.0. The lowest BCUT2D eigenvalue weighted by Gasteiger charge is -2.25. The van der Waals surface area contributed by atoms with Gasteiger partial charge in [0.2, 0.25) is 11.8 Å². The van der Waals surface area contributed by atoms with Crippen LogP contribution in [0.15, 0.2) is 60.7 Å². The molecule has 1 aromatic heterocycles. The van der Waals surface area contributed by atoms with Crippen LogP contribution in [0.4, 0.5) is 5.69 Å². The van der Waals surface area contributed by atoms with Gasteiger partial charge in [-0.05, 0) is 98.3 Å². The largest absolute Gasteiger partial charge is 0.487 e. The number of aromatic nitrogens is 1. The van der Waals surface area contributed by atoms with Crippen LogP contribution in [0.1, 0.15) is 49.4 Å². The minimum Gasteiger partial charge on any atom is -0.487 e. The number of anilines is 1. The zero-order valence-electron chi connectivity index (χ0n) is 25.8. The van der Waals surface area contributed by atoms with Crippen molar-refractivity contribution in [2.45, 2.75) is 41.2 Å². The Hall–Kier alpha value is -4.98. The van der Waals surface area contributed by atoms with E-state index < -0.39 is 5.91 Å². The van der Waals surface area contributed by atoms with Gasteiger partial charge in [0.1, 0.15) is 17.9 Å². The molecule has 0 unspecified atom stereocenters. The molecule has 0 fully saturated rings. The molecular formula is C35H38N4O4. The second kappa shape index (κ2) is 13.3. The van der Waals surface area contributed by atoms with Crippen molar-refractivity contribution in [3.63, 3.8) is 0 Å². The molecule has 8 heteroatoms. The lowest BCUT2D eigenvalue weighted by Crippen LogP contribution is -2.38. The van der Waals surface area contributed by atoms with E-state index >= 15 is 0 Å². The molecular weight excluding hydrogens is 540 g/mol. The van der Waals surface area contributed by atoms with Gasteiger partial charge in [-0.1, -0.05) is 30.3 Å². The average Bonchev–Trinajstić information content (AvgIpc) is 2.98. The van der Waals surface area contributed by atoms with Crippen LogP contribution in [0.25, 0.3) is 17.0 Å². The van der Waals surface area contributed by atoms with Crippen molar-refractivity contribution >= 4 is 40.4 Å². The summed E-state index contributed by atoms with van der Waals surface area (Å²) in [6, 6.07) is 16.9. The van der Waals surface area contributed by atoms with Crippen LogP contribution in [0.2, 0.25) is 0 Å². The van der Waals surface area contributed by atoms with Gasteiger partial charge in [0.05, 0.1) is 6.54 Å². The van der Waals surface area contributed by atoms with Crippen LogP contribution >= 0.6 is 0 Å². The molecule has 4 aromatic rings. The molecule has 43 heavy (non-hydrogen) atoms. The van der Waals surface area contributed by atoms with Crippen molar-refractivity contribution < 1.29 is 19.1 Å². The lowest BCUT2D eigenvalue weighted by molar-refractivity contribution is -0.122. The number of hydrogen-bond donors (Lipinski definition) is 2. The minimum atomic E-state index is -0.391. The fourth-order valence-electron chi connectivity index (χ4n) is 5.30. The number of nitrogens with zero attached hydrogens (tertiary/aromatic N) is 2. The first-order valence-corrected chi connectivity index (χ1v) is 14.1. The Morgan fingerprint density at radius 2 is 1.65 bits per heavy atom. The van der Waals surface area contributed by atoms with Crippen molar-refractivity contribution in [3.05, 3.63) is 105 Å². The summed E-state index contributed by atoms with van der Waals surface area (Å²) in [6.45, 7) is 10.2. The fraction of sp³-hybridized carbons (Fsp3) is 0.257. The predicted octanol–water partition coefficient (Wildman–Crippen LogP) is 5.51. The summed E-state index contributed by atoms with van der Waals surface area (Å²) in [5, 5.41) is 6.29. The van der Waals surface area contributed by atoms with Gasteiger partial charge in [0.25, 0.3) is 5.91 Å². The standard InChI is InChI=1S/C35H38N4O4/c1-21-17-23(3)34(25(5)29(21)20-43-30-10-8-9-28-22(2)18-24(4)38-33(28)30)39(7)32(41)19-37-31(40)16-13-26-11-14-27(15-12-26)35(42)36-6/h8-18H,19-20H2,1-7H3,(H,36,42)(H,37,40)/b16-13+. The number of nitrogens with one attached hydrogen (secondary N) is 2. The van der Waals surface area contributed by atoms with Crippen molar-refractivity contribution in [2.75, 3.05) is 25.5 Å². The molecule has 0 radical (unpaired) electrons. The van der Waals surface area contributed by atoms with Crippen LogP contribution in [-0.4, -0.2) is 43.3 Å². The lowest BCUT2D eigenvalue weighted by atomic mass is 9.97. The summed E-state index contributed by atoms with van der Waals surface area (Å²) in [6.07, 6.45) is 3.00. The number of ether oxygens (including phenoxy) is 1. The highest BCUT2D eigenvalue weighted by Gasteiger charge is 2.20. The average molecular weight is 579 g/mol. The van der Waals surface area contributed by atoms with Gasteiger partial charge < -0.3 is 20.3 Å². The Labute approximate surface area is 252 Å². The number of pyridine rings is 1. The maximum absolute atomic E-state index is 13.2. The number of para-hydroxylation sites is 1. The SMILES string of the molecule is CNC(=O)c1ccc(/C=C/C(=O)NCC(=O)N(C)c2c(C)cc(C)c(COc3cccc4c(C)cc(C)nc34)c2C)cc1. The number of carbonyl (C=O) groups excluding carboxylic acids is 3. The first kappa shape index (κ1) is 31.0. The summed E-state index contributed by atoms with van der Waals surface area (Å²) in [5.41, 5.74) is 8.97. The van der Waals surface area contributed by atoms with Crippen molar-refractivity contribution in [2.24, 2.45) is 0 Å². The molecule has 2 N–H and O–H groups in total. The molecule has 0 bridgehead atoms. The second-order valence-electron chi connectivity index (χ2n) is 10.7. The highest BCUT2D eigenvalue weighted by atomic mass is 16.5. The van der Waals surface area contributed by atoms with Gasteiger partial charge in [0, 0.05) is 42.5 Å². The molecule has 0 aliphatic carbocycles. The van der Waals surface area contributed by atoms with E-state index in [2.05, 4.69) is 29.7 Å². The Kier molecular flexibility index (Phi) is 9.60. The van der Waals surface area contributed by atoms with E-state index in [0.717, 1.165) is 55.7 Å². The van der Waals surface area contributed by atoms with E-state index in [-0.39, 0.29) is 18.4 Å². The molecule has 0 atom stereocenters. The molecule has 1 heterocycles. The van der Waals surface area contributed by atoms with Crippen LogP contribution in [0.5, 0.6) is 5.75 Å². The summed E-state index contributed by atoms with van der Waals surface area (Å²) >= 11 is 0. The van der Waals surface area contributed by atoms with Gasteiger partial charge in [-0.25, -0.2) is 4.98 Å². The number of hydrogen-bond acceptors (Lipinski definition) is 5. The molecule has 0 spiro atoms. The number of amides is 3. The van der Waals surface area contributed by atoms with Crippen molar-refractivity contribution in [3.8, 4) is 5.75 Å². The molecule has 222 valence electrons. The maximum Gasteiger partial charge on any atom is 0.251 e. The Balaban J connectivity index is 1.44. The van der Waals surface area contributed by atoms with Gasteiger partial charge in [-0.3, -0.25) is 14.4 Å². The van der Waals surface area contributed by atoms with Crippen LogP contribution in [0, 0.1) is 34.6 Å². The van der Waals surface area contributed by atoms with E-state index in [9.17, 15) is 14.4 Å². The number of aryl methyl sites for hydroxylation is 4. The van der Waals surface area contributed by atoms with E-state index in [1.807, 2.05) is 45.9 Å². The zero-order chi connectivity index (χ0) is 31.3. The van der Waals surface area contributed by atoms with E-state index in [4.69, 9.17) is 9.72 Å². The Morgan fingerprint density at radius 1 is 0.930 bits per heavy atom. The van der Waals surface area contributed by atoms with Crippen LogP contribution in [-0.2, 0) is 16.2 Å². The summed E-state index contributed by atoms with van der Waals surface area (Å²) in [5.74, 6) is -0.102. The number of benzene rings is 3. The zero-order valence-corrected chi connectivity index (χ0v) is 25.8. The number of likely N-dealkylation sites (N-methyl/N-ethyl adjacent to an activating group) is 1. The quantitative estimate of drug-likeness (QED) is 0.255. The molecule has 3 amide bonds. The Bertz CT molecular complexity index is 1720. The highest BCUT2D eigenvalue weighted by molar-refractivity contribution is 6.00. The molecule has 0 saturated heterocycles. The van der Waals surface area contributed by atoms with Gasteiger partial charge >= 0.3 is 0 Å². The van der Waals surface area contributed by atoms with E-state index in [0.29, 0.717) is 17.9 Å². The van der Waals surface area contributed by atoms with Gasteiger partial charge in [0.15, 0.2) is 0 Å². The fourth-order valence-corrected chi connectivity index (χ4v) is 5.30. The van der Waals surface area contributed by atoms with Crippen molar-refractivity contribution in [1.29, 1.82) is 0 Å². The van der Waals surface area contributed by atoms with Crippen LogP contribution < -0.4 is 20.3 Å². The molecule has 4 rings (SSSR count). The minimum absolute atomic E-state index is 0.158. The molecule has 8 nitrogen and oxygen atoms in total. The van der Waals surface area contributed by atoms with Crippen LogP contribution in [0.3, 0.4) is 0 Å². The molecule has 0 aliphatic heterocycles. The van der Waals surface area contributed by atoms with Gasteiger partial charge in [-0.15, -0.1) is 0 Å². The third-order valence-electron chi connectivity index (χ3n) is 7.55. The third kappa shape index (κ3) is 7.09. The monoisotopic (exact) mass is 578 g/mol. The number of fused-ring (bicyclic) bond motifs is 1. The highest BCUT2D eigenvalue weighted by Crippen LogP contribution is 2.32. The summed E-state index contributed by atoms with van der Waals surface area (Å²) in [4.78, 5) is 43.6. The summed E-state index contributed by atoms with van der Waals surface area (Å²) in [7, 11) is 3.29. The topological polar surface area (TPSA) is 101 Å². The first-order valence-electron chi connectivity index (χ1n) is 14.1. The first-order chi connectivity index (χ1) is 20.5. The second-order valence-corrected chi connectivity index (χ2v) is 10.7. The molecule has 0 aliphatic rings. The molecule has 0 saturated carbocycles. The number of carbonyl (C=O) groups is 3. The maximum atomic E-state index is 13.2. The van der Waals surface area contributed by atoms with E-state index in [1.165, 1.54) is 6.08 Å². The number of rotatable bonds is 9. The summed E-state index contributed by atoms with van der Waals surface area (Å²) < 4.78 is 6.33. The molecule has 3 aromatic carbocycles. The van der Waals surface area contributed by atoms with E-state index in [1.54, 1.807) is 49.3 Å². The third-order valence-corrected chi connectivity index (χ3v) is 7.55. The smallest absolute Gasteiger partial charge is 0.251 e.